The molecule has 0 aromatic heterocycles. The first-order valence-corrected chi connectivity index (χ1v) is 9.47. The van der Waals surface area contributed by atoms with Crippen molar-refractivity contribution >= 4 is 35.1 Å². The smallest absolute Gasteiger partial charge is 0.324 e. The van der Waals surface area contributed by atoms with E-state index in [1.54, 1.807) is 24.3 Å². The maximum atomic E-state index is 12.3. The molecule has 0 radical (unpaired) electrons. The average molecular weight is 387 g/mol. The Bertz CT molecular complexity index is 748. The molecule has 150 valence electrons. The highest BCUT2D eigenvalue weighted by Gasteiger charge is 2.28. The molecule has 2 fully saturated rings. The summed E-state index contributed by atoms with van der Waals surface area (Å²) in [5.41, 5.74) is 7.16. The number of carbonyl (C=O) groups excluding carboxylic acids is 4. The zero-order valence-corrected chi connectivity index (χ0v) is 15.6. The minimum absolute atomic E-state index is 0.0135. The van der Waals surface area contributed by atoms with Gasteiger partial charge >= 0.3 is 6.03 Å². The van der Waals surface area contributed by atoms with Gasteiger partial charge in [0.1, 0.15) is 0 Å². The lowest BCUT2D eigenvalue weighted by Crippen LogP contribution is -2.34. The van der Waals surface area contributed by atoms with Crippen molar-refractivity contribution in [3.63, 3.8) is 0 Å². The molecule has 2 aliphatic rings. The highest BCUT2D eigenvalue weighted by atomic mass is 16.2. The molecule has 2 unspecified atom stereocenters. The van der Waals surface area contributed by atoms with Gasteiger partial charge in [-0.05, 0) is 43.5 Å². The van der Waals surface area contributed by atoms with E-state index in [-0.39, 0.29) is 49.2 Å². The Labute approximate surface area is 163 Å². The summed E-state index contributed by atoms with van der Waals surface area (Å²) < 4.78 is 0. The summed E-state index contributed by atoms with van der Waals surface area (Å²) in [4.78, 5) is 48.3. The largest absolute Gasteiger partial charge is 0.329 e. The van der Waals surface area contributed by atoms with Crippen molar-refractivity contribution in [3.8, 4) is 0 Å². The van der Waals surface area contributed by atoms with Gasteiger partial charge in [0.15, 0.2) is 0 Å². The molecule has 3 rings (SSSR count). The fourth-order valence-electron chi connectivity index (χ4n) is 3.47. The second kappa shape index (κ2) is 8.83. The molecule has 1 aliphatic carbocycles. The maximum absolute atomic E-state index is 12.3. The molecule has 0 bridgehead atoms. The van der Waals surface area contributed by atoms with Crippen LogP contribution in [0.5, 0.6) is 0 Å². The Morgan fingerprint density at radius 1 is 1.11 bits per heavy atom. The van der Waals surface area contributed by atoms with Crippen LogP contribution >= 0.6 is 0 Å². The molecule has 1 aromatic rings. The molecule has 9 heteroatoms. The van der Waals surface area contributed by atoms with E-state index in [1.807, 2.05) is 0 Å². The van der Waals surface area contributed by atoms with Crippen molar-refractivity contribution < 1.29 is 19.2 Å². The van der Waals surface area contributed by atoms with Crippen LogP contribution in [-0.4, -0.2) is 47.8 Å². The molecule has 5 N–H and O–H groups in total. The first-order valence-electron chi connectivity index (χ1n) is 9.47. The standard InChI is InChI=1S/C19H25N5O4/c20-13-3-1-2-12(10-13)18(27)23-15-6-4-14(5-7-15)22-16(25)8-9-24-17(26)11-21-19(24)28/h4-7,12-13H,1-3,8-11,20H2,(H,21,28)(H,22,25)(H,23,27). The van der Waals surface area contributed by atoms with Crippen LogP contribution in [0.1, 0.15) is 32.1 Å². The molecule has 5 amide bonds. The number of benzene rings is 1. The topological polar surface area (TPSA) is 134 Å². The van der Waals surface area contributed by atoms with Gasteiger partial charge in [0, 0.05) is 36.3 Å². The number of urea groups is 1. The number of nitrogens with zero attached hydrogens (tertiary/aromatic N) is 1. The second-order valence-corrected chi connectivity index (χ2v) is 7.19. The molecular formula is C19H25N5O4. The number of hydrogen-bond acceptors (Lipinski definition) is 5. The predicted molar refractivity (Wildman–Crippen MR) is 103 cm³/mol. The number of imide groups is 1. The minimum Gasteiger partial charge on any atom is -0.329 e. The molecular weight excluding hydrogens is 362 g/mol. The highest BCUT2D eigenvalue weighted by molar-refractivity contribution is 6.02. The maximum Gasteiger partial charge on any atom is 0.324 e. The van der Waals surface area contributed by atoms with Gasteiger partial charge in [-0.15, -0.1) is 0 Å². The summed E-state index contributed by atoms with van der Waals surface area (Å²) in [6.45, 7) is 0.00853. The predicted octanol–water partition coefficient (Wildman–Crippen LogP) is 1.02. The minimum atomic E-state index is -0.475. The van der Waals surface area contributed by atoms with E-state index in [2.05, 4.69) is 16.0 Å². The van der Waals surface area contributed by atoms with Crippen LogP contribution in [0.2, 0.25) is 0 Å². The summed E-state index contributed by atoms with van der Waals surface area (Å²) in [5.74, 6) is -0.730. The van der Waals surface area contributed by atoms with Crippen molar-refractivity contribution in [2.45, 2.75) is 38.1 Å². The van der Waals surface area contributed by atoms with Crippen molar-refractivity contribution in [2.75, 3.05) is 23.7 Å². The summed E-state index contributed by atoms with van der Waals surface area (Å²) in [7, 11) is 0. The first-order chi connectivity index (χ1) is 13.4. The summed E-state index contributed by atoms with van der Waals surface area (Å²) in [5, 5.41) is 8.00. The van der Waals surface area contributed by atoms with Gasteiger partial charge in [-0.1, -0.05) is 6.42 Å². The Kier molecular flexibility index (Phi) is 6.25. The Morgan fingerprint density at radius 2 is 1.79 bits per heavy atom. The van der Waals surface area contributed by atoms with E-state index < -0.39 is 6.03 Å². The molecule has 28 heavy (non-hydrogen) atoms. The van der Waals surface area contributed by atoms with Gasteiger partial charge in [-0.2, -0.15) is 0 Å². The number of amides is 5. The van der Waals surface area contributed by atoms with Gasteiger partial charge in [0.05, 0.1) is 6.54 Å². The van der Waals surface area contributed by atoms with E-state index in [0.29, 0.717) is 17.8 Å². The quantitative estimate of drug-likeness (QED) is 0.541. The lowest BCUT2D eigenvalue weighted by atomic mass is 9.85. The fraction of sp³-hybridized carbons (Fsp3) is 0.474. The van der Waals surface area contributed by atoms with E-state index in [9.17, 15) is 19.2 Å². The Hall–Kier alpha value is -2.94. The number of nitrogens with one attached hydrogen (secondary N) is 3. The Balaban J connectivity index is 1.46. The van der Waals surface area contributed by atoms with Crippen molar-refractivity contribution in [1.29, 1.82) is 0 Å². The zero-order chi connectivity index (χ0) is 20.1. The summed E-state index contributed by atoms with van der Waals surface area (Å²) in [6, 6.07) is 6.42. The van der Waals surface area contributed by atoms with Crippen LogP contribution in [0.3, 0.4) is 0 Å². The monoisotopic (exact) mass is 387 g/mol. The molecule has 1 aliphatic heterocycles. The summed E-state index contributed by atoms with van der Waals surface area (Å²) in [6.07, 6.45) is 3.51. The number of hydrogen-bond donors (Lipinski definition) is 4. The van der Waals surface area contributed by atoms with E-state index in [1.165, 1.54) is 0 Å². The third kappa shape index (κ3) is 5.07. The number of rotatable bonds is 6. The lowest BCUT2D eigenvalue weighted by molar-refractivity contribution is -0.125. The molecule has 1 saturated carbocycles. The van der Waals surface area contributed by atoms with Crippen molar-refractivity contribution in [2.24, 2.45) is 11.7 Å². The van der Waals surface area contributed by atoms with Crippen LogP contribution in [0.25, 0.3) is 0 Å². The normalized spacial score (nSPS) is 22.0. The molecule has 1 heterocycles. The molecule has 1 saturated heterocycles. The summed E-state index contributed by atoms with van der Waals surface area (Å²) >= 11 is 0. The molecule has 2 atom stereocenters. The number of nitrogens with two attached hydrogens (primary N) is 1. The SMILES string of the molecule is NC1CCCC(C(=O)Nc2ccc(NC(=O)CCN3C(=O)CNC3=O)cc2)C1. The average Bonchev–Trinajstić information content (AvgIpc) is 2.99. The van der Waals surface area contributed by atoms with Crippen molar-refractivity contribution in [3.05, 3.63) is 24.3 Å². The van der Waals surface area contributed by atoms with Crippen LogP contribution < -0.4 is 21.7 Å². The first kappa shape index (κ1) is 19.8. The van der Waals surface area contributed by atoms with Gasteiger partial charge in [-0.25, -0.2) is 4.79 Å². The molecule has 0 spiro atoms. The van der Waals surface area contributed by atoms with E-state index in [0.717, 1.165) is 24.2 Å². The second-order valence-electron chi connectivity index (χ2n) is 7.19. The molecule has 1 aromatic carbocycles. The van der Waals surface area contributed by atoms with Gasteiger partial charge in [-0.3, -0.25) is 19.3 Å². The fourth-order valence-corrected chi connectivity index (χ4v) is 3.47. The third-order valence-electron chi connectivity index (χ3n) is 5.02. The zero-order valence-electron chi connectivity index (χ0n) is 15.6. The van der Waals surface area contributed by atoms with Gasteiger partial charge < -0.3 is 21.7 Å². The number of carbonyl (C=O) groups is 4. The highest BCUT2D eigenvalue weighted by Crippen LogP contribution is 2.25. The van der Waals surface area contributed by atoms with Crippen LogP contribution in [-0.2, 0) is 14.4 Å². The van der Waals surface area contributed by atoms with Crippen molar-refractivity contribution in [1.82, 2.24) is 10.2 Å². The van der Waals surface area contributed by atoms with Crippen LogP contribution in [0.4, 0.5) is 16.2 Å². The van der Waals surface area contributed by atoms with Gasteiger partial charge in [0.25, 0.3) is 0 Å². The van der Waals surface area contributed by atoms with Crippen LogP contribution in [0.15, 0.2) is 24.3 Å². The lowest BCUT2D eigenvalue weighted by Gasteiger charge is -2.25. The Morgan fingerprint density at radius 3 is 2.39 bits per heavy atom. The third-order valence-corrected chi connectivity index (χ3v) is 5.02. The number of anilines is 2. The van der Waals surface area contributed by atoms with E-state index >= 15 is 0 Å². The van der Waals surface area contributed by atoms with Crippen LogP contribution in [0, 0.1) is 5.92 Å². The molecule has 9 nitrogen and oxygen atoms in total. The van der Waals surface area contributed by atoms with E-state index in [4.69, 9.17) is 5.73 Å². The van der Waals surface area contributed by atoms with Gasteiger partial charge in [0.2, 0.25) is 17.7 Å².